The normalized spacial score (nSPS) is 17.7. The minimum atomic E-state index is -1.17. The molecule has 4 amide bonds. The van der Waals surface area contributed by atoms with E-state index in [9.17, 15) is 24.0 Å². The molecule has 0 aliphatic carbocycles. The molecule has 1 aromatic rings. The fraction of sp³-hybridized carbons (Fsp3) is 0.353. The van der Waals surface area contributed by atoms with Crippen molar-refractivity contribution in [2.24, 2.45) is 0 Å². The summed E-state index contributed by atoms with van der Waals surface area (Å²) in [6.45, 7) is 1.07. The Balaban J connectivity index is 1.63. The van der Waals surface area contributed by atoms with Crippen LogP contribution in [0.15, 0.2) is 24.3 Å². The molecular weight excluding hydrogens is 328 g/mol. The number of fused-ring (bicyclic) bond motifs is 1. The van der Waals surface area contributed by atoms with Crippen LogP contribution in [0.25, 0.3) is 0 Å². The fourth-order valence-electron chi connectivity index (χ4n) is 2.91. The van der Waals surface area contributed by atoms with Gasteiger partial charge in [0.15, 0.2) is 6.61 Å². The lowest BCUT2D eigenvalue weighted by Gasteiger charge is -2.21. The maximum Gasteiger partial charge on any atom is 0.329 e. The van der Waals surface area contributed by atoms with Crippen molar-refractivity contribution in [1.29, 1.82) is 0 Å². The van der Waals surface area contributed by atoms with Crippen LogP contribution in [0.1, 0.15) is 40.5 Å². The van der Waals surface area contributed by atoms with Gasteiger partial charge in [-0.05, 0) is 25.5 Å². The molecule has 1 atom stereocenters. The molecule has 0 saturated carbocycles. The SMILES string of the molecule is C[C@H](C(=O)OCC(=O)N1CCCC1=O)N1C(=O)c2ccccc2C1=O. The predicted molar refractivity (Wildman–Crippen MR) is 83.3 cm³/mol. The first-order chi connectivity index (χ1) is 11.9. The summed E-state index contributed by atoms with van der Waals surface area (Å²) in [6, 6.07) is 5.10. The Bertz CT molecular complexity index is 752. The van der Waals surface area contributed by atoms with Crippen LogP contribution in [0.3, 0.4) is 0 Å². The van der Waals surface area contributed by atoms with E-state index in [1.807, 2.05) is 0 Å². The van der Waals surface area contributed by atoms with Crippen LogP contribution in [0.5, 0.6) is 0 Å². The Kier molecular flexibility index (Phi) is 4.35. The second-order valence-electron chi connectivity index (χ2n) is 5.85. The van der Waals surface area contributed by atoms with Gasteiger partial charge in [0.25, 0.3) is 17.7 Å². The van der Waals surface area contributed by atoms with E-state index in [2.05, 4.69) is 0 Å². The number of imide groups is 2. The van der Waals surface area contributed by atoms with Crippen molar-refractivity contribution < 1.29 is 28.7 Å². The quantitative estimate of drug-likeness (QED) is 0.577. The van der Waals surface area contributed by atoms with Crippen LogP contribution in [0.2, 0.25) is 0 Å². The number of benzene rings is 1. The summed E-state index contributed by atoms with van der Waals surface area (Å²) < 4.78 is 4.91. The summed E-state index contributed by atoms with van der Waals surface area (Å²) in [7, 11) is 0. The topological polar surface area (TPSA) is 101 Å². The van der Waals surface area contributed by atoms with Crippen molar-refractivity contribution in [3.8, 4) is 0 Å². The summed E-state index contributed by atoms with van der Waals surface area (Å²) in [6.07, 6.45) is 0.884. The number of hydrogen-bond acceptors (Lipinski definition) is 6. The van der Waals surface area contributed by atoms with Crippen molar-refractivity contribution >= 4 is 29.6 Å². The van der Waals surface area contributed by atoms with Gasteiger partial charge in [-0.2, -0.15) is 0 Å². The molecule has 0 unspecified atom stereocenters. The number of likely N-dealkylation sites (tertiary alicyclic amines) is 1. The number of esters is 1. The highest BCUT2D eigenvalue weighted by Crippen LogP contribution is 2.24. The van der Waals surface area contributed by atoms with Crippen LogP contribution >= 0.6 is 0 Å². The summed E-state index contributed by atoms with van der Waals surface area (Å²) >= 11 is 0. The van der Waals surface area contributed by atoms with E-state index >= 15 is 0 Å². The fourth-order valence-corrected chi connectivity index (χ4v) is 2.91. The molecule has 25 heavy (non-hydrogen) atoms. The molecular formula is C17H16N2O6. The van der Waals surface area contributed by atoms with Crippen molar-refractivity contribution in [2.75, 3.05) is 13.2 Å². The van der Waals surface area contributed by atoms with Gasteiger partial charge in [0, 0.05) is 13.0 Å². The van der Waals surface area contributed by atoms with Gasteiger partial charge in [-0.25, -0.2) is 4.79 Å². The highest BCUT2D eigenvalue weighted by Gasteiger charge is 2.41. The minimum absolute atomic E-state index is 0.228. The standard InChI is InChI=1S/C17H16N2O6/c1-10(17(24)25-9-14(21)18-8-4-7-13(18)20)19-15(22)11-5-2-3-6-12(11)16(19)23/h2-3,5-6,10H,4,7-9H2,1H3/t10-/m1/s1. The molecule has 1 fully saturated rings. The smallest absolute Gasteiger partial charge is 0.329 e. The number of hydrogen-bond donors (Lipinski definition) is 0. The summed E-state index contributed by atoms with van der Waals surface area (Å²) in [5, 5.41) is 0. The van der Waals surface area contributed by atoms with Gasteiger partial charge >= 0.3 is 5.97 Å². The van der Waals surface area contributed by atoms with Gasteiger partial charge in [0.2, 0.25) is 5.91 Å². The van der Waals surface area contributed by atoms with Crippen LogP contribution < -0.4 is 0 Å². The lowest BCUT2D eigenvalue weighted by atomic mass is 10.1. The van der Waals surface area contributed by atoms with Gasteiger partial charge in [0.1, 0.15) is 6.04 Å². The van der Waals surface area contributed by atoms with Gasteiger partial charge in [-0.3, -0.25) is 29.0 Å². The third-order valence-corrected chi connectivity index (χ3v) is 4.27. The second-order valence-corrected chi connectivity index (χ2v) is 5.85. The molecule has 8 nitrogen and oxygen atoms in total. The lowest BCUT2D eigenvalue weighted by Crippen LogP contribution is -2.45. The summed E-state index contributed by atoms with van der Waals surface area (Å²) in [5.41, 5.74) is 0.455. The maximum atomic E-state index is 12.3. The predicted octanol–water partition coefficient (Wildman–Crippen LogP) is 0.363. The van der Waals surface area contributed by atoms with Gasteiger partial charge in [-0.1, -0.05) is 12.1 Å². The molecule has 1 aromatic carbocycles. The van der Waals surface area contributed by atoms with Crippen LogP contribution in [0.4, 0.5) is 0 Å². The second kappa shape index (κ2) is 6.46. The number of ether oxygens (including phenoxy) is 1. The first kappa shape index (κ1) is 16.8. The molecule has 2 heterocycles. The van der Waals surface area contributed by atoms with Crippen molar-refractivity contribution in [3.63, 3.8) is 0 Å². The molecule has 8 heteroatoms. The van der Waals surface area contributed by atoms with E-state index in [1.54, 1.807) is 12.1 Å². The molecule has 0 bridgehead atoms. The van der Waals surface area contributed by atoms with Crippen LogP contribution in [0, 0.1) is 0 Å². The Hall–Kier alpha value is -3.03. The number of nitrogens with zero attached hydrogens (tertiary/aromatic N) is 2. The zero-order chi connectivity index (χ0) is 18.1. The number of carbonyl (C=O) groups excluding carboxylic acids is 5. The van der Waals surface area contributed by atoms with Crippen molar-refractivity contribution in [2.45, 2.75) is 25.8 Å². The Morgan fingerprint density at radius 1 is 1.12 bits per heavy atom. The molecule has 0 aromatic heterocycles. The Morgan fingerprint density at radius 2 is 1.72 bits per heavy atom. The van der Waals surface area contributed by atoms with Gasteiger partial charge in [-0.15, -0.1) is 0 Å². The minimum Gasteiger partial charge on any atom is -0.454 e. The monoisotopic (exact) mass is 344 g/mol. The first-order valence-corrected chi connectivity index (χ1v) is 7.88. The molecule has 130 valence electrons. The third kappa shape index (κ3) is 2.90. The highest BCUT2D eigenvalue weighted by atomic mass is 16.5. The zero-order valence-corrected chi connectivity index (χ0v) is 13.6. The molecule has 1 saturated heterocycles. The van der Waals surface area contributed by atoms with E-state index in [0.29, 0.717) is 19.4 Å². The molecule has 2 aliphatic rings. The Morgan fingerprint density at radius 3 is 2.24 bits per heavy atom. The molecule has 0 N–H and O–H groups in total. The molecule has 0 radical (unpaired) electrons. The summed E-state index contributed by atoms with van der Waals surface area (Å²) in [5.74, 6) is -2.94. The zero-order valence-electron chi connectivity index (χ0n) is 13.6. The molecule has 2 aliphatic heterocycles. The van der Waals surface area contributed by atoms with Gasteiger partial charge < -0.3 is 4.74 Å². The maximum absolute atomic E-state index is 12.3. The van der Waals surface area contributed by atoms with Crippen molar-refractivity contribution in [1.82, 2.24) is 9.80 Å². The molecule has 0 spiro atoms. The third-order valence-electron chi connectivity index (χ3n) is 4.27. The lowest BCUT2D eigenvalue weighted by molar-refractivity contribution is -0.156. The van der Waals surface area contributed by atoms with Crippen LogP contribution in [-0.2, 0) is 19.1 Å². The highest BCUT2D eigenvalue weighted by molar-refractivity contribution is 6.22. The number of carbonyl (C=O) groups is 5. The first-order valence-electron chi connectivity index (χ1n) is 7.88. The average Bonchev–Trinajstić information content (AvgIpc) is 3.14. The average molecular weight is 344 g/mol. The van der Waals surface area contributed by atoms with E-state index < -0.39 is 36.3 Å². The van der Waals surface area contributed by atoms with Crippen molar-refractivity contribution in [3.05, 3.63) is 35.4 Å². The van der Waals surface area contributed by atoms with Gasteiger partial charge in [0.05, 0.1) is 11.1 Å². The molecule has 3 rings (SSSR count). The Labute approximate surface area is 143 Å². The van der Waals surface area contributed by atoms with E-state index in [-0.39, 0.29) is 17.0 Å². The number of amides is 4. The number of rotatable bonds is 4. The van der Waals surface area contributed by atoms with E-state index in [1.165, 1.54) is 19.1 Å². The largest absolute Gasteiger partial charge is 0.454 e. The summed E-state index contributed by atoms with van der Waals surface area (Å²) in [4.78, 5) is 62.0. The van der Waals surface area contributed by atoms with Crippen LogP contribution in [-0.4, -0.2) is 58.6 Å². The van der Waals surface area contributed by atoms with E-state index in [0.717, 1.165) is 9.80 Å². The van der Waals surface area contributed by atoms with E-state index in [4.69, 9.17) is 4.74 Å².